The van der Waals surface area contributed by atoms with Gasteiger partial charge in [-0.15, -0.1) is 0 Å². The Kier molecular flexibility index (Phi) is 10.1. The van der Waals surface area contributed by atoms with E-state index in [9.17, 15) is 13.2 Å². The monoisotopic (exact) mass is 549 g/mol. The SMILES string of the molecule is CC(C)c1cc(-c2ccccc2CN(C)C)cc(C(C)C)c1CC(=O)NS(=O)(=O)c1ccc(CN(C)C)cc1. The largest absolute Gasteiger partial charge is 0.305 e. The number of benzene rings is 3. The molecule has 0 radical (unpaired) electrons. The van der Waals surface area contributed by atoms with Gasteiger partial charge in [0.15, 0.2) is 0 Å². The zero-order valence-electron chi connectivity index (χ0n) is 24.6. The number of carbonyl (C=O) groups excluding carboxylic acids is 1. The summed E-state index contributed by atoms with van der Waals surface area (Å²) in [5.74, 6) is -0.212. The van der Waals surface area contributed by atoms with Gasteiger partial charge in [0.1, 0.15) is 0 Å². The van der Waals surface area contributed by atoms with Gasteiger partial charge < -0.3 is 9.80 Å². The number of carbonyl (C=O) groups is 1. The van der Waals surface area contributed by atoms with Crippen LogP contribution in [-0.2, 0) is 34.3 Å². The molecule has 0 aliphatic heterocycles. The lowest BCUT2D eigenvalue weighted by atomic mass is 9.83. The minimum atomic E-state index is -3.98. The molecule has 6 nitrogen and oxygen atoms in total. The average Bonchev–Trinajstić information content (AvgIpc) is 2.83. The number of nitrogens with one attached hydrogen (secondary N) is 1. The Morgan fingerprint density at radius 1 is 0.795 bits per heavy atom. The maximum atomic E-state index is 13.2. The molecule has 0 fully saturated rings. The number of nitrogens with zero attached hydrogens (tertiary/aromatic N) is 2. The van der Waals surface area contributed by atoms with E-state index in [1.165, 1.54) is 11.1 Å². The highest BCUT2D eigenvalue weighted by Gasteiger charge is 2.23. The first kappa shape index (κ1) is 30.5. The van der Waals surface area contributed by atoms with Crippen molar-refractivity contribution >= 4 is 15.9 Å². The third-order valence-corrected chi connectivity index (χ3v) is 8.09. The van der Waals surface area contributed by atoms with Crippen molar-refractivity contribution in [3.8, 4) is 11.1 Å². The second-order valence-corrected chi connectivity index (χ2v) is 13.1. The summed E-state index contributed by atoms with van der Waals surface area (Å²) in [6.07, 6.45) is -0.00139. The highest BCUT2D eigenvalue weighted by molar-refractivity contribution is 7.90. The fraction of sp³-hybridized carbons (Fsp3) is 0.406. The normalized spacial score (nSPS) is 12.1. The van der Waals surface area contributed by atoms with Crippen LogP contribution < -0.4 is 4.72 Å². The molecule has 0 unspecified atom stereocenters. The zero-order valence-corrected chi connectivity index (χ0v) is 25.4. The standard InChI is InChI=1S/C32H43N3O3S/c1-22(2)29-17-26(28-12-10-9-11-25(28)21-35(7)8)18-30(23(3)4)31(29)19-32(36)33-39(37,38)27-15-13-24(14-16-27)20-34(5)6/h9-18,22-23H,19-21H2,1-8H3,(H,33,36). The van der Waals surface area contributed by atoms with Crippen LogP contribution in [0.2, 0.25) is 0 Å². The first-order valence-corrected chi connectivity index (χ1v) is 15.0. The molecule has 0 bridgehead atoms. The van der Waals surface area contributed by atoms with E-state index < -0.39 is 15.9 Å². The quantitative estimate of drug-likeness (QED) is 0.329. The van der Waals surface area contributed by atoms with Crippen LogP contribution in [0.1, 0.15) is 67.3 Å². The second kappa shape index (κ2) is 12.9. The Hall–Kier alpha value is -3.00. The number of hydrogen-bond donors (Lipinski definition) is 1. The Morgan fingerprint density at radius 2 is 1.33 bits per heavy atom. The third-order valence-electron chi connectivity index (χ3n) is 6.70. The summed E-state index contributed by atoms with van der Waals surface area (Å²) in [7, 11) is 4.05. The summed E-state index contributed by atoms with van der Waals surface area (Å²) >= 11 is 0. The van der Waals surface area contributed by atoms with Crippen molar-refractivity contribution in [3.05, 3.63) is 88.5 Å². The van der Waals surface area contributed by atoms with Crippen molar-refractivity contribution in [1.82, 2.24) is 14.5 Å². The number of rotatable bonds is 11. The fourth-order valence-corrected chi connectivity index (χ4v) is 5.92. The van der Waals surface area contributed by atoms with E-state index in [1.807, 2.05) is 19.0 Å². The maximum Gasteiger partial charge on any atom is 0.264 e. The van der Waals surface area contributed by atoms with Gasteiger partial charge in [-0.25, -0.2) is 13.1 Å². The van der Waals surface area contributed by atoms with Gasteiger partial charge in [-0.05, 0) is 91.1 Å². The van der Waals surface area contributed by atoms with Crippen LogP contribution in [0.25, 0.3) is 11.1 Å². The number of sulfonamides is 1. The lowest BCUT2D eigenvalue weighted by Gasteiger charge is -2.23. The van der Waals surface area contributed by atoms with Gasteiger partial charge in [0.2, 0.25) is 5.91 Å². The highest BCUT2D eigenvalue weighted by Crippen LogP contribution is 2.35. The molecule has 1 N–H and O–H groups in total. The minimum Gasteiger partial charge on any atom is -0.305 e. The Labute approximate surface area is 235 Å². The van der Waals surface area contributed by atoms with Gasteiger partial charge in [-0.3, -0.25) is 4.79 Å². The van der Waals surface area contributed by atoms with Crippen LogP contribution in [0, 0.1) is 0 Å². The summed E-state index contributed by atoms with van der Waals surface area (Å²) in [4.78, 5) is 17.4. The van der Waals surface area contributed by atoms with E-state index in [2.05, 4.69) is 87.8 Å². The van der Waals surface area contributed by atoms with Crippen molar-refractivity contribution < 1.29 is 13.2 Å². The van der Waals surface area contributed by atoms with Crippen LogP contribution in [0.15, 0.2) is 65.6 Å². The molecule has 0 atom stereocenters. The lowest BCUT2D eigenvalue weighted by Crippen LogP contribution is -2.32. The van der Waals surface area contributed by atoms with Crippen LogP contribution in [0.3, 0.4) is 0 Å². The lowest BCUT2D eigenvalue weighted by molar-refractivity contribution is -0.118. The molecule has 0 heterocycles. The van der Waals surface area contributed by atoms with Gasteiger partial charge in [0, 0.05) is 13.1 Å². The summed E-state index contributed by atoms with van der Waals surface area (Å²) in [6, 6.07) is 19.4. The molecule has 39 heavy (non-hydrogen) atoms. The van der Waals surface area contributed by atoms with Crippen molar-refractivity contribution in [1.29, 1.82) is 0 Å². The average molecular weight is 550 g/mol. The summed E-state index contributed by atoms with van der Waals surface area (Å²) in [5.41, 5.74) is 7.57. The molecule has 0 saturated carbocycles. The Balaban J connectivity index is 1.96. The van der Waals surface area contributed by atoms with Crippen LogP contribution in [0.5, 0.6) is 0 Å². The predicted octanol–water partition coefficient (Wildman–Crippen LogP) is 5.77. The van der Waals surface area contributed by atoms with E-state index >= 15 is 0 Å². The Bertz CT molecular complexity index is 1360. The van der Waals surface area contributed by atoms with Crippen molar-refractivity contribution in [2.45, 2.75) is 63.9 Å². The second-order valence-electron chi connectivity index (χ2n) is 11.4. The van der Waals surface area contributed by atoms with E-state index in [0.29, 0.717) is 6.54 Å². The molecule has 7 heteroatoms. The smallest absolute Gasteiger partial charge is 0.264 e. The molecule has 0 spiro atoms. The molecule has 1 amide bonds. The third kappa shape index (κ3) is 8.01. The molecular weight excluding hydrogens is 506 g/mol. The van der Waals surface area contributed by atoms with Crippen LogP contribution >= 0.6 is 0 Å². The van der Waals surface area contributed by atoms with Gasteiger partial charge in [0.05, 0.1) is 11.3 Å². The summed E-state index contributed by atoms with van der Waals surface area (Å²) in [5, 5.41) is 0. The van der Waals surface area contributed by atoms with E-state index in [4.69, 9.17) is 0 Å². The van der Waals surface area contributed by atoms with Gasteiger partial charge in [0.25, 0.3) is 10.0 Å². The molecule has 3 aromatic carbocycles. The molecule has 0 aliphatic rings. The van der Waals surface area contributed by atoms with Crippen LogP contribution in [0.4, 0.5) is 0 Å². The molecule has 0 aromatic heterocycles. The van der Waals surface area contributed by atoms with Gasteiger partial charge >= 0.3 is 0 Å². The predicted molar refractivity (Wildman–Crippen MR) is 160 cm³/mol. The zero-order chi connectivity index (χ0) is 28.9. The van der Waals surface area contributed by atoms with E-state index in [0.717, 1.165) is 34.4 Å². The van der Waals surface area contributed by atoms with Gasteiger partial charge in [-0.1, -0.05) is 76.2 Å². The molecule has 3 aromatic rings. The molecule has 0 aliphatic carbocycles. The molecule has 210 valence electrons. The van der Waals surface area contributed by atoms with Crippen molar-refractivity contribution in [2.75, 3.05) is 28.2 Å². The maximum absolute atomic E-state index is 13.2. The number of amides is 1. The highest BCUT2D eigenvalue weighted by atomic mass is 32.2. The van der Waals surface area contributed by atoms with Crippen molar-refractivity contribution in [2.24, 2.45) is 0 Å². The first-order valence-electron chi connectivity index (χ1n) is 13.5. The minimum absolute atomic E-state index is 0.00139. The van der Waals surface area contributed by atoms with Gasteiger partial charge in [-0.2, -0.15) is 0 Å². The molecular formula is C32H43N3O3S. The van der Waals surface area contributed by atoms with E-state index in [1.54, 1.807) is 24.3 Å². The van der Waals surface area contributed by atoms with Crippen LogP contribution in [-0.4, -0.2) is 52.3 Å². The summed E-state index contributed by atoms with van der Waals surface area (Å²) in [6.45, 7) is 9.98. The first-order chi connectivity index (χ1) is 18.3. The molecule has 0 saturated heterocycles. The molecule has 3 rings (SSSR count). The topological polar surface area (TPSA) is 69.7 Å². The fourth-order valence-electron chi connectivity index (χ4n) is 4.93. The van der Waals surface area contributed by atoms with E-state index in [-0.39, 0.29) is 23.2 Å². The summed E-state index contributed by atoms with van der Waals surface area (Å²) < 4.78 is 28.4. The number of hydrogen-bond acceptors (Lipinski definition) is 5. The Morgan fingerprint density at radius 3 is 1.85 bits per heavy atom. The van der Waals surface area contributed by atoms with Crippen molar-refractivity contribution in [3.63, 3.8) is 0 Å².